The summed E-state index contributed by atoms with van der Waals surface area (Å²) in [5.41, 5.74) is 0. The molecule has 0 aromatic carbocycles. The van der Waals surface area contributed by atoms with Gasteiger partial charge in [0.1, 0.15) is 0 Å². The van der Waals surface area contributed by atoms with E-state index in [2.05, 4.69) is 4.72 Å². The second kappa shape index (κ2) is 3.72. The van der Waals surface area contributed by atoms with Gasteiger partial charge in [-0.15, -0.1) is 0 Å². The molecule has 1 rings (SSSR count). The molecule has 0 aliphatic carbocycles. The molecule has 1 aliphatic heterocycles. The second-order valence-corrected chi connectivity index (χ2v) is 5.24. The lowest BCUT2D eigenvalue weighted by molar-refractivity contribution is 0.0300. The second-order valence-electron chi connectivity index (χ2n) is 3.08. The summed E-state index contributed by atoms with van der Waals surface area (Å²) in [6, 6.07) is 0. The fourth-order valence-electron chi connectivity index (χ4n) is 1.41. The van der Waals surface area contributed by atoms with E-state index in [1.165, 1.54) is 7.05 Å². The van der Waals surface area contributed by atoms with Gasteiger partial charge >= 0.3 is 0 Å². The van der Waals surface area contributed by atoms with Crippen molar-refractivity contribution in [2.45, 2.75) is 31.1 Å². The third kappa shape index (κ3) is 2.18. The molecule has 0 bridgehead atoms. The third-order valence-electron chi connectivity index (χ3n) is 2.16. The summed E-state index contributed by atoms with van der Waals surface area (Å²) in [5.74, 6) is 0. The molecule has 2 atom stereocenters. The maximum atomic E-state index is 11.3. The van der Waals surface area contributed by atoms with Crippen molar-refractivity contribution in [1.82, 2.24) is 4.72 Å². The van der Waals surface area contributed by atoms with Gasteiger partial charge in [0.25, 0.3) is 0 Å². The Hall–Kier alpha value is -0.130. The summed E-state index contributed by atoms with van der Waals surface area (Å²) in [6.45, 7) is 2.45. The van der Waals surface area contributed by atoms with Gasteiger partial charge in [-0.25, -0.2) is 13.1 Å². The topological polar surface area (TPSA) is 55.4 Å². The van der Waals surface area contributed by atoms with Gasteiger partial charge in [0.05, 0.1) is 11.4 Å². The molecular weight excluding hydrogens is 178 g/mol. The Morgan fingerprint density at radius 1 is 1.50 bits per heavy atom. The average Bonchev–Trinajstić information content (AvgIpc) is 2.05. The van der Waals surface area contributed by atoms with E-state index in [1.54, 1.807) is 0 Å². The fourth-order valence-corrected chi connectivity index (χ4v) is 2.67. The molecular formula is C7H15NO3S. The zero-order chi connectivity index (χ0) is 9.19. The Bertz CT molecular complexity index is 237. The van der Waals surface area contributed by atoms with Gasteiger partial charge in [-0.3, -0.25) is 0 Å². The summed E-state index contributed by atoms with van der Waals surface area (Å²) in [6.07, 6.45) is 1.27. The number of hydrogen-bond donors (Lipinski definition) is 1. The smallest absolute Gasteiger partial charge is 0.214 e. The highest BCUT2D eigenvalue weighted by molar-refractivity contribution is 7.90. The molecule has 72 valence electrons. The van der Waals surface area contributed by atoms with Gasteiger partial charge < -0.3 is 4.74 Å². The first-order chi connectivity index (χ1) is 5.56. The van der Waals surface area contributed by atoms with Crippen molar-refractivity contribution in [2.75, 3.05) is 13.7 Å². The Labute approximate surface area is 73.3 Å². The van der Waals surface area contributed by atoms with Gasteiger partial charge in [-0.1, -0.05) is 0 Å². The molecule has 2 unspecified atom stereocenters. The normalized spacial score (nSPS) is 31.8. The largest absolute Gasteiger partial charge is 0.378 e. The Kier molecular flexibility index (Phi) is 3.09. The molecule has 0 radical (unpaired) electrons. The molecule has 1 saturated heterocycles. The first kappa shape index (κ1) is 9.95. The van der Waals surface area contributed by atoms with E-state index in [0.717, 1.165) is 0 Å². The van der Waals surface area contributed by atoms with Crippen LogP contribution in [0.25, 0.3) is 0 Å². The van der Waals surface area contributed by atoms with Crippen LogP contribution in [0, 0.1) is 0 Å². The Balaban J connectivity index is 2.63. The van der Waals surface area contributed by atoms with Crippen LogP contribution >= 0.6 is 0 Å². The highest BCUT2D eigenvalue weighted by atomic mass is 32.2. The maximum absolute atomic E-state index is 11.3. The number of ether oxygens (including phenoxy) is 1. The van der Waals surface area contributed by atoms with Crippen molar-refractivity contribution in [3.05, 3.63) is 0 Å². The van der Waals surface area contributed by atoms with Crippen LogP contribution in [0.3, 0.4) is 0 Å². The molecule has 12 heavy (non-hydrogen) atoms. The lowest BCUT2D eigenvalue weighted by atomic mass is 10.1. The van der Waals surface area contributed by atoms with Crippen molar-refractivity contribution >= 4 is 10.0 Å². The molecule has 1 fully saturated rings. The molecule has 1 N–H and O–H groups in total. The van der Waals surface area contributed by atoms with E-state index in [0.29, 0.717) is 19.4 Å². The van der Waals surface area contributed by atoms with E-state index in [9.17, 15) is 8.42 Å². The molecule has 0 saturated carbocycles. The minimum absolute atomic E-state index is 0.0619. The monoisotopic (exact) mass is 193 g/mol. The maximum Gasteiger partial charge on any atom is 0.214 e. The average molecular weight is 193 g/mol. The van der Waals surface area contributed by atoms with Gasteiger partial charge in [0.2, 0.25) is 10.0 Å². The van der Waals surface area contributed by atoms with Crippen LogP contribution in [0.4, 0.5) is 0 Å². The first-order valence-electron chi connectivity index (χ1n) is 4.10. The molecule has 4 nitrogen and oxygen atoms in total. The first-order valence-corrected chi connectivity index (χ1v) is 5.65. The number of rotatable bonds is 2. The molecule has 0 spiro atoms. The minimum atomic E-state index is -3.08. The predicted octanol–water partition coefficient (Wildman–Crippen LogP) is 0.103. The van der Waals surface area contributed by atoms with Gasteiger partial charge in [-0.2, -0.15) is 0 Å². The molecule has 1 heterocycles. The quantitative estimate of drug-likeness (QED) is 0.677. The number of nitrogens with one attached hydrogen (secondary N) is 1. The van der Waals surface area contributed by atoms with Crippen molar-refractivity contribution in [3.63, 3.8) is 0 Å². The molecule has 0 aromatic rings. The molecule has 0 aromatic heterocycles. The Morgan fingerprint density at radius 2 is 2.17 bits per heavy atom. The lowest BCUT2D eigenvalue weighted by Crippen LogP contribution is -2.38. The Morgan fingerprint density at radius 3 is 2.67 bits per heavy atom. The van der Waals surface area contributed by atoms with Crippen LogP contribution in [0.1, 0.15) is 19.8 Å². The van der Waals surface area contributed by atoms with Crippen LogP contribution in [0.5, 0.6) is 0 Å². The van der Waals surface area contributed by atoms with Gasteiger partial charge in [0.15, 0.2) is 0 Å². The van der Waals surface area contributed by atoms with Crippen LogP contribution < -0.4 is 4.72 Å². The van der Waals surface area contributed by atoms with Crippen molar-refractivity contribution in [1.29, 1.82) is 0 Å². The standard InChI is InChI=1S/C7H15NO3S/c1-6-5-7(3-4-11-6)12(9,10)8-2/h6-8H,3-5H2,1-2H3. The van der Waals surface area contributed by atoms with E-state index in [4.69, 9.17) is 4.74 Å². The fraction of sp³-hybridized carbons (Fsp3) is 1.00. The van der Waals surface area contributed by atoms with Crippen molar-refractivity contribution in [3.8, 4) is 0 Å². The summed E-state index contributed by atoms with van der Waals surface area (Å²) in [4.78, 5) is 0. The van der Waals surface area contributed by atoms with E-state index in [1.807, 2.05) is 6.92 Å². The molecule has 5 heteroatoms. The van der Waals surface area contributed by atoms with E-state index >= 15 is 0 Å². The van der Waals surface area contributed by atoms with Crippen molar-refractivity contribution < 1.29 is 13.2 Å². The van der Waals surface area contributed by atoms with Crippen LogP contribution in [-0.2, 0) is 14.8 Å². The molecule has 0 amide bonds. The summed E-state index contributed by atoms with van der Waals surface area (Å²) in [7, 11) is -1.63. The zero-order valence-corrected chi connectivity index (χ0v) is 8.23. The van der Waals surface area contributed by atoms with Gasteiger partial charge in [0, 0.05) is 6.61 Å². The minimum Gasteiger partial charge on any atom is -0.378 e. The van der Waals surface area contributed by atoms with Crippen molar-refractivity contribution in [2.24, 2.45) is 0 Å². The summed E-state index contributed by atoms with van der Waals surface area (Å²) >= 11 is 0. The summed E-state index contributed by atoms with van der Waals surface area (Å²) < 4.78 is 30.3. The number of sulfonamides is 1. The zero-order valence-electron chi connectivity index (χ0n) is 7.41. The van der Waals surface area contributed by atoms with E-state index < -0.39 is 10.0 Å². The summed E-state index contributed by atoms with van der Waals surface area (Å²) in [5, 5.41) is -0.272. The van der Waals surface area contributed by atoms with E-state index in [-0.39, 0.29) is 11.4 Å². The van der Waals surface area contributed by atoms with Crippen LogP contribution in [0.15, 0.2) is 0 Å². The third-order valence-corrected chi connectivity index (χ3v) is 4.04. The van der Waals surface area contributed by atoms with Gasteiger partial charge in [-0.05, 0) is 26.8 Å². The highest BCUT2D eigenvalue weighted by Crippen LogP contribution is 2.18. The predicted molar refractivity (Wildman–Crippen MR) is 46.4 cm³/mol. The lowest BCUT2D eigenvalue weighted by Gasteiger charge is -2.26. The SMILES string of the molecule is CNS(=O)(=O)C1CCOC(C)C1. The van der Waals surface area contributed by atoms with Crippen LogP contribution in [0.2, 0.25) is 0 Å². The van der Waals surface area contributed by atoms with Crippen LogP contribution in [-0.4, -0.2) is 33.4 Å². The molecule has 1 aliphatic rings. The number of hydrogen-bond acceptors (Lipinski definition) is 3. The highest BCUT2D eigenvalue weighted by Gasteiger charge is 2.29.